The molecule has 4 aromatic rings. The van der Waals surface area contributed by atoms with Crippen molar-refractivity contribution in [1.82, 2.24) is 19.7 Å². The number of thiophene rings is 2. The van der Waals surface area contributed by atoms with E-state index in [1.54, 1.807) is 82.1 Å². The largest absolute Gasteiger partial charge is 0.484 e. The van der Waals surface area contributed by atoms with Crippen molar-refractivity contribution in [3.05, 3.63) is 90.6 Å². The van der Waals surface area contributed by atoms with Gasteiger partial charge in [-0.2, -0.15) is 5.10 Å². The van der Waals surface area contributed by atoms with E-state index in [1.807, 2.05) is 24.4 Å². The summed E-state index contributed by atoms with van der Waals surface area (Å²) in [6, 6.07) is 14.9. The summed E-state index contributed by atoms with van der Waals surface area (Å²) >= 11 is 3.36. The summed E-state index contributed by atoms with van der Waals surface area (Å²) in [5, 5.41) is 11.5. The highest BCUT2D eigenvalue weighted by Gasteiger charge is 2.44. The Morgan fingerprint density at radius 3 is 2.14 bits per heavy atom. The average Bonchev–Trinajstić information content (AvgIpc) is 3.90. The Balaban J connectivity index is 0.000000397. The summed E-state index contributed by atoms with van der Waals surface area (Å²) < 4.78 is 11.2. The molecule has 51 heavy (non-hydrogen) atoms. The van der Waals surface area contributed by atoms with Gasteiger partial charge in [0.05, 0.1) is 11.8 Å². The number of hydrogen-bond donors (Lipinski definition) is 0. The minimum Gasteiger partial charge on any atom is -0.484 e. The zero-order chi connectivity index (χ0) is 37.5. The van der Waals surface area contributed by atoms with E-state index >= 15 is 0 Å². The van der Waals surface area contributed by atoms with Crippen molar-refractivity contribution in [2.45, 2.75) is 32.2 Å². The lowest BCUT2D eigenvalue weighted by atomic mass is 9.79. The van der Waals surface area contributed by atoms with E-state index in [1.165, 1.54) is 31.2 Å². The summed E-state index contributed by atoms with van der Waals surface area (Å²) in [5.41, 5.74) is 3.10. The van der Waals surface area contributed by atoms with Crippen LogP contribution in [0.3, 0.4) is 0 Å². The van der Waals surface area contributed by atoms with Crippen LogP contribution in [0.25, 0.3) is 17.0 Å². The molecule has 2 unspecified atom stereocenters. The predicted octanol–water partition coefficient (Wildman–Crippen LogP) is 5.54. The van der Waals surface area contributed by atoms with Crippen molar-refractivity contribution < 1.29 is 28.3 Å². The SMILES string of the molecule is CN(C)C=O.CN(C)C=O.CN(C)C=O.Cc1cc(=O)oc2cc(OCC(=O)N3N=C4/C(=C\c5cccs5)CCCC4C3c3cccs3)ccc12. The van der Waals surface area contributed by atoms with Gasteiger partial charge in [-0.25, -0.2) is 9.80 Å². The van der Waals surface area contributed by atoms with Crippen LogP contribution in [0, 0.1) is 12.8 Å². The van der Waals surface area contributed by atoms with Gasteiger partial charge >= 0.3 is 5.63 Å². The lowest BCUT2D eigenvalue weighted by Gasteiger charge is -2.28. The van der Waals surface area contributed by atoms with E-state index < -0.39 is 5.63 Å². The molecule has 1 aromatic carbocycles. The number of fused-ring (bicyclic) bond motifs is 2. The third kappa shape index (κ3) is 12.0. The molecule has 3 aromatic heterocycles. The van der Waals surface area contributed by atoms with Crippen molar-refractivity contribution in [3.63, 3.8) is 0 Å². The summed E-state index contributed by atoms with van der Waals surface area (Å²) in [6.45, 7) is 1.71. The Morgan fingerprint density at radius 1 is 0.941 bits per heavy atom. The molecule has 1 fully saturated rings. The van der Waals surface area contributed by atoms with Gasteiger partial charge in [0.25, 0.3) is 5.91 Å². The summed E-state index contributed by atoms with van der Waals surface area (Å²) in [6.07, 6.45) is 7.50. The third-order valence-electron chi connectivity index (χ3n) is 7.37. The molecule has 14 heteroatoms. The van der Waals surface area contributed by atoms with Crippen LogP contribution >= 0.6 is 22.7 Å². The Hall–Kier alpha value is -5.08. The first-order valence-electron chi connectivity index (χ1n) is 16.1. The third-order valence-corrected chi connectivity index (χ3v) is 9.13. The first-order valence-corrected chi connectivity index (χ1v) is 17.8. The van der Waals surface area contributed by atoms with E-state index in [9.17, 15) is 24.0 Å². The Labute approximate surface area is 306 Å². The van der Waals surface area contributed by atoms with Gasteiger partial charge in [0.15, 0.2) is 6.61 Å². The Bertz CT molecular complexity index is 1820. The molecular weight excluding hydrogens is 691 g/mol. The quantitative estimate of drug-likeness (QED) is 0.172. The van der Waals surface area contributed by atoms with Gasteiger partial charge in [-0.3, -0.25) is 19.2 Å². The smallest absolute Gasteiger partial charge is 0.336 e. The fourth-order valence-corrected chi connectivity index (χ4v) is 6.65. The van der Waals surface area contributed by atoms with Crippen LogP contribution in [0.1, 0.15) is 40.6 Å². The number of amides is 4. The fraction of sp³-hybridized carbons (Fsp3) is 0.351. The van der Waals surface area contributed by atoms with Gasteiger partial charge in [-0.1, -0.05) is 12.1 Å². The van der Waals surface area contributed by atoms with Crippen LogP contribution in [0.5, 0.6) is 5.75 Å². The molecule has 4 amide bonds. The Kier molecular flexibility index (Phi) is 15.8. The molecular formula is C37H45N5O7S2. The number of benzene rings is 1. The molecule has 0 N–H and O–H groups in total. The number of ether oxygens (including phenoxy) is 1. The van der Waals surface area contributed by atoms with Crippen molar-refractivity contribution in [1.29, 1.82) is 0 Å². The van der Waals surface area contributed by atoms with Gasteiger partial charge in [-0.15, -0.1) is 22.7 Å². The zero-order valence-electron chi connectivity index (χ0n) is 30.0. The molecule has 0 radical (unpaired) electrons. The number of hydrazone groups is 1. The second-order valence-electron chi connectivity index (χ2n) is 12.3. The first kappa shape index (κ1) is 40.4. The van der Waals surface area contributed by atoms with Gasteiger partial charge in [0, 0.05) is 75.5 Å². The topological polar surface area (TPSA) is 133 Å². The number of hydrogen-bond acceptors (Lipinski definition) is 10. The molecule has 0 bridgehead atoms. The molecule has 4 heterocycles. The van der Waals surface area contributed by atoms with Crippen LogP contribution in [0.2, 0.25) is 0 Å². The maximum absolute atomic E-state index is 13.5. The minimum absolute atomic E-state index is 0.125. The lowest BCUT2D eigenvalue weighted by Crippen LogP contribution is -2.34. The fourth-order valence-electron chi connectivity index (χ4n) is 5.10. The van der Waals surface area contributed by atoms with Gasteiger partial charge in [0.1, 0.15) is 11.3 Å². The zero-order valence-corrected chi connectivity index (χ0v) is 31.6. The van der Waals surface area contributed by atoms with Crippen LogP contribution in [-0.2, 0) is 19.2 Å². The molecule has 2 atom stereocenters. The number of carbonyl (C=O) groups excluding carboxylic acids is 4. The number of nitrogens with zero attached hydrogens (tertiary/aromatic N) is 5. The molecule has 1 aliphatic carbocycles. The second-order valence-corrected chi connectivity index (χ2v) is 14.2. The van der Waals surface area contributed by atoms with Crippen LogP contribution < -0.4 is 10.4 Å². The van der Waals surface area contributed by atoms with E-state index in [4.69, 9.17) is 14.3 Å². The molecule has 2 aliphatic rings. The number of aryl methyl sites for hydroxylation is 1. The van der Waals surface area contributed by atoms with Crippen LogP contribution in [0.15, 0.2) is 79.2 Å². The minimum atomic E-state index is -0.408. The summed E-state index contributed by atoms with van der Waals surface area (Å²) in [4.78, 5) is 60.2. The van der Waals surface area contributed by atoms with Crippen molar-refractivity contribution in [2.75, 3.05) is 48.9 Å². The molecule has 1 aliphatic heterocycles. The predicted molar refractivity (Wildman–Crippen MR) is 203 cm³/mol. The number of allylic oxidation sites excluding steroid dienone is 1. The molecule has 6 rings (SSSR count). The summed E-state index contributed by atoms with van der Waals surface area (Å²) in [7, 11) is 10.1. The molecule has 0 spiro atoms. The summed E-state index contributed by atoms with van der Waals surface area (Å²) in [5.74, 6) is 0.446. The van der Waals surface area contributed by atoms with E-state index in [2.05, 4.69) is 29.7 Å². The van der Waals surface area contributed by atoms with E-state index in [0.717, 1.165) is 60.0 Å². The first-order chi connectivity index (χ1) is 24.4. The lowest BCUT2D eigenvalue weighted by molar-refractivity contribution is -0.135. The standard InChI is InChI=1S/C28H24N2O4S2.3C3H7NO/c1-17-13-26(32)34-23-15-19(9-10-21(17)23)33-16-25(31)30-28(24-8-4-12-36-24)22-7-2-5-18(27(22)29-30)14-20-6-3-11-35-20;3*1-4(2)3-5/h3-4,6,8-15,22,28H,2,5,7,16H2,1H3;3*3H,1-2H3/b18-14-;;;. The highest BCUT2D eigenvalue weighted by molar-refractivity contribution is 7.11. The monoisotopic (exact) mass is 735 g/mol. The molecule has 12 nitrogen and oxygen atoms in total. The maximum Gasteiger partial charge on any atom is 0.336 e. The normalized spacial score (nSPS) is 16.5. The van der Waals surface area contributed by atoms with Gasteiger partial charge in [0.2, 0.25) is 19.2 Å². The van der Waals surface area contributed by atoms with Crippen LogP contribution in [-0.4, -0.2) is 99.5 Å². The van der Waals surface area contributed by atoms with Crippen molar-refractivity contribution >= 4 is 70.6 Å². The highest BCUT2D eigenvalue weighted by atomic mass is 32.1. The maximum atomic E-state index is 13.5. The second kappa shape index (κ2) is 19.9. The van der Waals surface area contributed by atoms with Crippen molar-refractivity contribution in [3.8, 4) is 5.75 Å². The highest BCUT2D eigenvalue weighted by Crippen LogP contribution is 2.45. The molecule has 1 saturated carbocycles. The molecule has 0 saturated heterocycles. The number of rotatable bonds is 8. The van der Waals surface area contributed by atoms with E-state index in [0.29, 0.717) is 11.3 Å². The Morgan fingerprint density at radius 2 is 1.57 bits per heavy atom. The van der Waals surface area contributed by atoms with Gasteiger partial charge in [-0.05, 0) is 78.4 Å². The molecule has 272 valence electrons. The van der Waals surface area contributed by atoms with Gasteiger partial charge < -0.3 is 23.9 Å². The average molecular weight is 736 g/mol. The van der Waals surface area contributed by atoms with Crippen LogP contribution in [0.4, 0.5) is 0 Å². The number of carbonyl (C=O) groups is 4. The van der Waals surface area contributed by atoms with E-state index in [-0.39, 0.29) is 24.5 Å². The van der Waals surface area contributed by atoms with Crippen molar-refractivity contribution in [2.24, 2.45) is 11.0 Å².